The number of hydrogen-bond acceptors (Lipinski definition) is 3. The number of alkyl halides is 5. The van der Waals surface area contributed by atoms with E-state index in [9.17, 15) is 31.5 Å². The number of carbonyl (C=O) groups excluding carboxylic acids is 2. The van der Waals surface area contributed by atoms with Gasteiger partial charge in [-0.15, -0.1) is 13.2 Å². The van der Waals surface area contributed by atoms with E-state index in [0.29, 0.717) is 12.1 Å². The average Bonchev–Trinajstić information content (AvgIpc) is 2.24. The second-order valence-electron chi connectivity index (χ2n) is 3.10. The van der Waals surface area contributed by atoms with Crippen molar-refractivity contribution in [2.45, 2.75) is 12.8 Å². The lowest BCUT2D eigenvalue weighted by Crippen LogP contribution is -2.17. The van der Waals surface area contributed by atoms with E-state index < -0.39 is 35.2 Å². The first-order valence-corrected chi connectivity index (χ1v) is 4.40. The molecule has 0 bridgehead atoms. The molecule has 0 aliphatic heterocycles. The van der Waals surface area contributed by atoms with Crippen LogP contribution in [0.4, 0.5) is 22.0 Å². The monoisotopic (exact) mass is 268 g/mol. The van der Waals surface area contributed by atoms with Crippen LogP contribution in [0.3, 0.4) is 0 Å². The summed E-state index contributed by atoms with van der Waals surface area (Å²) < 4.78 is 64.3. The van der Waals surface area contributed by atoms with Crippen molar-refractivity contribution in [3.05, 3.63) is 28.8 Å². The summed E-state index contributed by atoms with van der Waals surface area (Å²) in [6.45, 7) is 0. The lowest BCUT2D eigenvalue weighted by Gasteiger charge is -2.12. The maximum absolute atomic E-state index is 12.6. The number of rotatable bonds is 4. The number of ether oxygens (including phenoxy) is 1. The van der Waals surface area contributed by atoms with Gasteiger partial charge in [-0.3, -0.25) is 9.59 Å². The van der Waals surface area contributed by atoms with Gasteiger partial charge in [0.2, 0.25) is 0 Å². The lowest BCUT2D eigenvalue weighted by atomic mass is 10.0. The van der Waals surface area contributed by atoms with Crippen LogP contribution < -0.4 is 4.74 Å². The highest BCUT2D eigenvalue weighted by atomic mass is 19.4. The molecule has 0 heterocycles. The Morgan fingerprint density at radius 3 is 1.78 bits per heavy atom. The molecule has 0 spiro atoms. The predicted octanol–water partition coefficient (Wildman–Crippen LogP) is 3.15. The molecule has 1 aromatic rings. The number of benzene rings is 1. The van der Waals surface area contributed by atoms with Crippen molar-refractivity contribution in [2.24, 2.45) is 0 Å². The summed E-state index contributed by atoms with van der Waals surface area (Å²) in [6.07, 6.45) is -8.35. The van der Waals surface area contributed by atoms with Gasteiger partial charge in [0.05, 0.1) is 0 Å². The fourth-order valence-electron chi connectivity index (χ4n) is 1.31. The Balaban J connectivity index is 3.35. The zero-order valence-corrected chi connectivity index (χ0v) is 8.50. The number of carbonyl (C=O) groups is 2. The van der Waals surface area contributed by atoms with E-state index in [1.807, 2.05) is 0 Å². The fraction of sp³-hybridized carbons (Fsp3) is 0.200. The van der Waals surface area contributed by atoms with Crippen molar-refractivity contribution in [1.82, 2.24) is 0 Å². The van der Waals surface area contributed by atoms with Gasteiger partial charge in [-0.2, -0.15) is 0 Å². The zero-order chi connectivity index (χ0) is 13.9. The van der Waals surface area contributed by atoms with Crippen LogP contribution in [0.25, 0.3) is 0 Å². The van der Waals surface area contributed by atoms with Crippen LogP contribution in [0.15, 0.2) is 12.1 Å². The molecule has 0 radical (unpaired) electrons. The maximum Gasteiger partial charge on any atom is 0.573 e. The van der Waals surface area contributed by atoms with Crippen LogP contribution in [0.2, 0.25) is 0 Å². The van der Waals surface area contributed by atoms with Gasteiger partial charge in [0.1, 0.15) is 5.75 Å². The molecular weight excluding hydrogens is 263 g/mol. The average molecular weight is 268 g/mol. The van der Waals surface area contributed by atoms with Crippen molar-refractivity contribution in [3.63, 3.8) is 0 Å². The van der Waals surface area contributed by atoms with E-state index in [2.05, 4.69) is 4.74 Å². The smallest absolute Gasteiger partial charge is 0.406 e. The maximum atomic E-state index is 12.6. The Hall–Kier alpha value is -1.99. The van der Waals surface area contributed by atoms with Gasteiger partial charge in [0.25, 0.3) is 6.43 Å². The molecule has 0 N–H and O–H groups in total. The molecule has 98 valence electrons. The summed E-state index contributed by atoms with van der Waals surface area (Å²) in [5.41, 5.74) is -2.38. The van der Waals surface area contributed by atoms with Gasteiger partial charge in [-0.05, 0) is 12.1 Å². The first kappa shape index (κ1) is 14.1. The highest BCUT2D eigenvalue weighted by Gasteiger charge is 2.32. The molecular formula is C10H5F5O3. The summed E-state index contributed by atoms with van der Waals surface area (Å²) in [5, 5.41) is 0. The van der Waals surface area contributed by atoms with Crippen LogP contribution in [-0.2, 0) is 0 Å². The summed E-state index contributed by atoms with van der Waals surface area (Å²) in [7, 11) is 0. The second kappa shape index (κ2) is 5.11. The fourth-order valence-corrected chi connectivity index (χ4v) is 1.31. The molecule has 0 aliphatic carbocycles. The highest BCUT2D eigenvalue weighted by Crippen LogP contribution is 2.31. The van der Waals surface area contributed by atoms with E-state index in [4.69, 9.17) is 0 Å². The molecule has 1 rings (SSSR count). The van der Waals surface area contributed by atoms with Crippen LogP contribution in [0.1, 0.15) is 32.7 Å². The summed E-state index contributed by atoms with van der Waals surface area (Å²) in [4.78, 5) is 21.1. The lowest BCUT2D eigenvalue weighted by molar-refractivity contribution is -0.274. The van der Waals surface area contributed by atoms with Crippen molar-refractivity contribution >= 4 is 12.6 Å². The van der Waals surface area contributed by atoms with E-state index in [1.165, 1.54) is 0 Å². The summed E-state index contributed by atoms with van der Waals surface area (Å²) in [5.74, 6) is -0.906. The minimum Gasteiger partial charge on any atom is -0.406 e. The molecule has 8 heteroatoms. The largest absolute Gasteiger partial charge is 0.573 e. The minimum absolute atomic E-state index is 0.0717. The number of hydrogen-bond donors (Lipinski definition) is 0. The van der Waals surface area contributed by atoms with Crippen molar-refractivity contribution in [1.29, 1.82) is 0 Å². The highest BCUT2D eigenvalue weighted by molar-refractivity contribution is 5.87. The van der Waals surface area contributed by atoms with Gasteiger partial charge in [0.15, 0.2) is 12.6 Å². The Morgan fingerprint density at radius 2 is 1.50 bits per heavy atom. The molecule has 0 atom stereocenters. The minimum atomic E-state index is -5.05. The van der Waals surface area contributed by atoms with Crippen molar-refractivity contribution in [3.8, 4) is 5.75 Å². The van der Waals surface area contributed by atoms with Crippen LogP contribution in [0.5, 0.6) is 5.75 Å². The van der Waals surface area contributed by atoms with Gasteiger partial charge < -0.3 is 4.74 Å². The van der Waals surface area contributed by atoms with Crippen LogP contribution in [0, 0.1) is 0 Å². The molecule has 0 saturated heterocycles. The second-order valence-corrected chi connectivity index (χ2v) is 3.10. The van der Waals surface area contributed by atoms with Crippen molar-refractivity contribution < 1.29 is 36.3 Å². The third kappa shape index (κ3) is 3.25. The van der Waals surface area contributed by atoms with E-state index >= 15 is 0 Å². The topological polar surface area (TPSA) is 43.4 Å². The van der Waals surface area contributed by atoms with Crippen LogP contribution in [-0.4, -0.2) is 18.9 Å². The third-order valence-electron chi connectivity index (χ3n) is 1.92. The molecule has 0 fully saturated rings. The standard InChI is InChI=1S/C10H5F5O3/c11-9(12)8-5(3-16)1-7(2-6(8)4-17)18-10(13,14)15/h1-4,9H. The molecule has 0 aromatic heterocycles. The molecule has 0 unspecified atom stereocenters. The number of aldehydes is 2. The molecule has 1 aromatic carbocycles. The molecule has 18 heavy (non-hydrogen) atoms. The van der Waals surface area contributed by atoms with Crippen molar-refractivity contribution in [2.75, 3.05) is 0 Å². The quantitative estimate of drug-likeness (QED) is 0.622. The van der Waals surface area contributed by atoms with Gasteiger partial charge in [0, 0.05) is 16.7 Å². The summed E-state index contributed by atoms with van der Waals surface area (Å²) in [6, 6.07) is 0.990. The van der Waals surface area contributed by atoms with Gasteiger partial charge in [-0.25, -0.2) is 8.78 Å². The molecule has 0 amide bonds. The Kier molecular flexibility index (Phi) is 4.00. The first-order valence-electron chi connectivity index (χ1n) is 4.40. The SMILES string of the molecule is O=Cc1cc(OC(F)(F)F)cc(C=O)c1C(F)F. The third-order valence-corrected chi connectivity index (χ3v) is 1.92. The normalized spacial score (nSPS) is 11.4. The summed E-state index contributed by atoms with van der Waals surface area (Å²) >= 11 is 0. The Morgan fingerprint density at radius 1 is 1.06 bits per heavy atom. The van der Waals surface area contributed by atoms with Crippen LogP contribution >= 0.6 is 0 Å². The molecule has 0 aliphatic rings. The zero-order valence-electron chi connectivity index (χ0n) is 8.50. The van der Waals surface area contributed by atoms with E-state index in [0.717, 1.165) is 0 Å². The molecule has 3 nitrogen and oxygen atoms in total. The Labute approximate surface area is 97.2 Å². The number of halogens is 5. The molecule has 0 saturated carbocycles. The van der Waals surface area contributed by atoms with Gasteiger partial charge in [-0.1, -0.05) is 0 Å². The van der Waals surface area contributed by atoms with E-state index in [-0.39, 0.29) is 12.6 Å². The first-order chi connectivity index (χ1) is 8.28. The van der Waals surface area contributed by atoms with Gasteiger partial charge >= 0.3 is 6.36 Å². The van der Waals surface area contributed by atoms with E-state index in [1.54, 1.807) is 0 Å². The predicted molar refractivity (Wildman–Crippen MR) is 48.9 cm³/mol. The Bertz CT molecular complexity index is 438.